The van der Waals surface area contributed by atoms with Crippen LogP contribution in [0.25, 0.3) is 4.91 Å². The lowest BCUT2D eigenvalue weighted by atomic mass is 10.0. The number of sulfonamides is 1. The molecule has 25 heavy (non-hydrogen) atoms. The van der Waals surface area contributed by atoms with Gasteiger partial charge in [0.25, 0.3) is 10.0 Å². The van der Waals surface area contributed by atoms with Gasteiger partial charge in [-0.25, -0.2) is 12.8 Å². The average Bonchev–Trinajstić information content (AvgIpc) is 2.83. The first-order chi connectivity index (χ1) is 11.9. The molecule has 130 valence electrons. The Morgan fingerprint density at radius 1 is 1.08 bits per heavy atom. The summed E-state index contributed by atoms with van der Waals surface area (Å²) >= 11 is 0. The van der Waals surface area contributed by atoms with Crippen molar-refractivity contribution in [3.05, 3.63) is 77.1 Å². The molecule has 1 N–H and O–H groups in total. The molecule has 0 saturated carbocycles. The molecule has 2 aromatic rings. The van der Waals surface area contributed by atoms with Gasteiger partial charge in [-0.1, -0.05) is 49.4 Å². The molecule has 1 aliphatic heterocycles. The van der Waals surface area contributed by atoms with E-state index in [9.17, 15) is 12.8 Å². The summed E-state index contributed by atoms with van der Waals surface area (Å²) in [5.41, 5.74) is 2.15. The van der Waals surface area contributed by atoms with E-state index in [1.54, 1.807) is 6.92 Å². The van der Waals surface area contributed by atoms with Gasteiger partial charge >= 0.3 is 0 Å². The van der Waals surface area contributed by atoms with E-state index in [-0.39, 0.29) is 10.8 Å². The number of amidine groups is 1. The summed E-state index contributed by atoms with van der Waals surface area (Å²) in [5.74, 6) is 0.110. The number of hydrogen-bond donors (Lipinski definition) is 1. The van der Waals surface area contributed by atoms with Crippen LogP contribution in [0.4, 0.5) is 4.39 Å². The summed E-state index contributed by atoms with van der Waals surface area (Å²) in [5, 5.41) is 0. The van der Waals surface area contributed by atoms with Crippen LogP contribution in [-0.2, 0) is 10.0 Å². The summed E-state index contributed by atoms with van der Waals surface area (Å²) < 4.78 is 40.5. The van der Waals surface area contributed by atoms with Gasteiger partial charge in [-0.05, 0) is 30.2 Å². The summed E-state index contributed by atoms with van der Waals surface area (Å²) in [7, 11) is -3.69. The van der Waals surface area contributed by atoms with Crippen LogP contribution in [0, 0.1) is 5.82 Å². The summed E-state index contributed by atoms with van der Waals surface area (Å²) in [4.78, 5) is 4.62. The Morgan fingerprint density at radius 2 is 1.72 bits per heavy atom. The van der Waals surface area contributed by atoms with Crippen molar-refractivity contribution in [1.82, 2.24) is 4.72 Å². The Bertz CT molecular complexity index is 933. The number of rotatable bonds is 4. The molecule has 3 rings (SSSR count). The Kier molecular flexibility index (Phi) is 4.72. The maximum atomic E-state index is 13.1. The van der Waals surface area contributed by atoms with Crippen molar-refractivity contribution < 1.29 is 12.8 Å². The van der Waals surface area contributed by atoms with Gasteiger partial charge in [0, 0.05) is 18.0 Å². The molecule has 1 unspecified atom stereocenters. The second-order valence-corrected chi connectivity index (χ2v) is 7.69. The largest absolute Gasteiger partial charge is 0.267 e. The molecule has 4 nitrogen and oxygen atoms in total. The van der Waals surface area contributed by atoms with E-state index in [1.165, 1.54) is 24.3 Å². The van der Waals surface area contributed by atoms with Crippen LogP contribution in [0.2, 0.25) is 0 Å². The maximum Gasteiger partial charge on any atom is 0.264 e. The van der Waals surface area contributed by atoms with Crippen molar-refractivity contribution in [1.29, 1.82) is 0 Å². The van der Waals surface area contributed by atoms with Gasteiger partial charge < -0.3 is 0 Å². The summed E-state index contributed by atoms with van der Waals surface area (Å²) in [6.07, 6.45) is 0. The van der Waals surface area contributed by atoms with Crippen LogP contribution in [0.5, 0.6) is 0 Å². The molecule has 0 saturated heterocycles. The Balaban J connectivity index is 1.89. The molecule has 0 aromatic heterocycles. The van der Waals surface area contributed by atoms with E-state index in [2.05, 4.69) is 9.71 Å². The highest BCUT2D eigenvalue weighted by atomic mass is 32.2. The fraction of sp³-hybridized carbons (Fsp3) is 0.211. The van der Waals surface area contributed by atoms with Gasteiger partial charge in [-0.3, -0.25) is 9.71 Å². The standard InChI is InChI=1S/C19H19FN2O2S/c1-13(15-6-4-3-5-7-15)12-21-19-14(2)18(25(23,24)22-19)16-8-10-17(20)11-9-16/h3-11,13H,12H2,1-2H3,(H,21,22). The number of nitrogens with one attached hydrogen (secondary N) is 1. The molecule has 0 spiro atoms. The molecule has 6 heteroatoms. The third kappa shape index (κ3) is 3.64. The minimum atomic E-state index is -3.69. The summed E-state index contributed by atoms with van der Waals surface area (Å²) in [6.45, 7) is 4.22. The lowest BCUT2D eigenvalue weighted by molar-refractivity contribution is 0.603. The van der Waals surface area contributed by atoms with Crippen molar-refractivity contribution in [2.75, 3.05) is 6.54 Å². The highest BCUT2D eigenvalue weighted by Crippen LogP contribution is 2.30. The van der Waals surface area contributed by atoms with E-state index in [0.29, 0.717) is 23.5 Å². The zero-order valence-electron chi connectivity index (χ0n) is 14.0. The number of nitrogens with zero attached hydrogens (tertiary/aromatic N) is 1. The average molecular weight is 358 g/mol. The van der Waals surface area contributed by atoms with E-state index in [4.69, 9.17) is 0 Å². The normalized spacial score (nSPS) is 19.1. The monoisotopic (exact) mass is 358 g/mol. The Hall–Kier alpha value is -2.47. The van der Waals surface area contributed by atoms with Gasteiger partial charge in [-0.15, -0.1) is 0 Å². The highest BCUT2D eigenvalue weighted by molar-refractivity contribution is 8.00. The molecule has 0 bridgehead atoms. The second kappa shape index (κ2) is 6.80. The van der Waals surface area contributed by atoms with Crippen molar-refractivity contribution in [3.63, 3.8) is 0 Å². The fourth-order valence-electron chi connectivity index (χ4n) is 2.80. The molecule has 0 aliphatic carbocycles. The molecular weight excluding hydrogens is 339 g/mol. The molecule has 1 heterocycles. The Labute approximate surface area is 147 Å². The van der Waals surface area contributed by atoms with Gasteiger partial charge in [0.15, 0.2) is 0 Å². The molecule has 0 amide bonds. The van der Waals surface area contributed by atoms with Crippen molar-refractivity contribution in [2.45, 2.75) is 19.8 Å². The number of halogens is 1. The van der Waals surface area contributed by atoms with Crippen LogP contribution < -0.4 is 4.72 Å². The van der Waals surface area contributed by atoms with E-state index >= 15 is 0 Å². The van der Waals surface area contributed by atoms with Crippen LogP contribution in [0.1, 0.15) is 30.9 Å². The first-order valence-electron chi connectivity index (χ1n) is 7.98. The minimum Gasteiger partial charge on any atom is -0.267 e. The number of hydrogen-bond acceptors (Lipinski definition) is 3. The van der Waals surface area contributed by atoms with E-state index in [1.807, 2.05) is 37.3 Å². The molecule has 0 fully saturated rings. The lowest BCUT2D eigenvalue weighted by Crippen LogP contribution is -2.24. The van der Waals surface area contributed by atoms with Gasteiger partial charge in [0.1, 0.15) is 16.6 Å². The predicted molar refractivity (Wildman–Crippen MR) is 98.2 cm³/mol. The molecule has 1 atom stereocenters. The topological polar surface area (TPSA) is 58.5 Å². The van der Waals surface area contributed by atoms with Gasteiger partial charge in [-0.2, -0.15) is 0 Å². The third-order valence-corrected chi connectivity index (χ3v) is 5.74. The second-order valence-electron chi connectivity index (χ2n) is 6.07. The number of benzene rings is 2. The van der Waals surface area contributed by atoms with Crippen molar-refractivity contribution in [3.8, 4) is 0 Å². The molecule has 2 aromatic carbocycles. The molecule has 1 aliphatic rings. The van der Waals surface area contributed by atoms with Gasteiger partial charge in [0.05, 0.1) is 0 Å². The highest BCUT2D eigenvalue weighted by Gasteiger charge is 2.32. The minimum absolute atomic E-state index is 0.151. The maximum absolute atomic E-state index is 13.1. The fourth-order valence-corrected chi connectivity index (χ4v) is 4.32. The predicted octanol–water partition coefficient (Wildman–Crippen LogP) is 3.69. The van der Waals surface area contributed by atoms with Crippen molar-refractivity contribution in [2.24, 2.45) is 4.99 Å². The van der Waals surface area contributed by atoms with Crippen LogP contribution in [0.3, 0.4) is 0 Å². The number of aliphatic imine (C=N–C) groups is 1. The summed E-state index contributed by atoms with van der Waals surface area (Å²) in [6, 6.07) is 15.4. The first-order valence-corrected chi connectivity index (χ1v) is 9.46. The third-order valence-electron chi connectivity index (χ3n) is 4.19. The lowest BCUT2D eigenvalue weighted by Gasteiger charge is -2.09. The molecule has 0 radical (unpaired) electrons. The van der Waals surface area contributed by atoms with E-state index in [0.717, 1.165) is 5.56 Å². The molecular formula is C19H19FN2O2S. The van der Waals surface area contributed by atoms with Crippen LogP contribution in [0.15, 0.2) is 65.2 Å². The van der Waals surface area contributed by atoms with Crippen LogP contribution >= 0.6 is 0 Å². The zero-order valence-corrected chi connectivity index (χ0v) is 14.8. The van der Waals surface area contributed by atoms with E-state index < -0.39 is 15.8 Å². The van der Waals surface area contributed by atoms with Crippen molar-refractivity contribution >= 4 is 20.8 Å². The first kappa shape index (κ1) is 17.4. The smallest absolute Gasteiger partial charge is 0.264 e. The van der Waals surface area contributed by atoms with Crippen LogP contribution in [-0.4, -0.2) is 20.8 Å². The quantitative estimate of drug-likeness (QED) is 0.906. The SMILES string of the molecule is CC1=C(c2ccc(F)cc2)S(=O)(=O)NC1=NCC(C)c1ccccc1. The Morgan fingerprint density at radius 3 is 2.36 bits per heavy atom. The van der Waals surface area contributed by atoms with Gasteiger partial charge in [0.2, 0.25) is 0 Å². The zero-order chi connectivity index (χ0) is 18.0.